The van der Waals surface area contributed by atoms with Gasteiger partial charge in [-0.1, -0.05) is 11.6 Å². The number of aryl methyl sites for hydroxylation is 1. The summed E-state index contributed by atoms with van der Waals surface area (Å²) in [5.41, 5.74) is -0.765. The number of piperazine rings is 1. The van der Waals surface area contributed by atoms with Gasteiger partial charge in [-0.3, -0.25) is 9.78 Å². The first-order valence-corrected chi connectivity index (χ1v) is 13.5. The molecule has 1 fully saturated rings. The second-order valence-electron chi connectivity index (χ2n) is 8.94. The summed E-state index contributed by atoms with van der Waals surface area (Å²) >= 11 is 5.87. The summed E-state index contributed by atoms with van der Waals surface area (Å²) in [6.07, 6.45) is 1.59. The van der Waals surface area contributed by atoms with Crippen LogP contribution in [0.1, 0.15) is 28.5 Å². The normalized spacial score (nSPS) is 15.5. The van der Waals surface area contributed by atoms with Gasteiger partial charge in [-0.25, -0.2) is 21.6 Å². The van der Waals surface area contributed by atoms with Crippen molar-refractivity contribution in [3.63, 3.8) is 0 Å². The van der Waals surface area contributed by atoms with E-state index in [0.29, 0.717) is 18.7 Å². The zero-order chi connectivity index (χ0) is 26.7. The smallest absolute Gasteiger partial charge is 0.222 e. The second kappa shape index (κ2) is 11.2. The van der Waals surface area contributed by atoms with Crippen molar-refractivity contribution in [3.8, 4) is 0 Å². The Labute approximate surface area is 218 Å². The largest absolute Gasteiger partial charge is 0.340 e. The Bertz CT molecular complexity index is 1400. The lowest BCUT2D eigenvalue weighted by Crippen LogP contribution is -2.47. The van der Waals surface area contributed by atoms with Gasteiger partial charge in [0, 0.05) is 49.4 Å². The molecular formula is C26H25ClF3N3O3S. The molecule has 196 valence electrons. The van der Waals surface area contributed by atoms with Crippen molar-refractivity contribution in [1.29, 1.82) is 0 Å². The average molecular weight is 552 g/mol. The molecule has 2 heterocycles. The van der Waals surface area contributed by atoms with Gasteiger partial charge in [-0.05, 0) is 67.6 Å². The van der Waals surface area contributed by atoms with Crippen molar-refractivity contribution < 1.29 is 26.4 Å². The first-order chi connectivity index (χ1) is 17.6. The number of benzene rings is 2. The number of pyridine rings is 1. The fourth-order valence-electron chi connectivity index (χ4n) is 4.22. The van der Waals surface area contributed by atoms with Gasteiger partial charge in [0.2, 0.25) is 5.91 Å². The van der Waals surface area contributed by atoms with Crippen LogP contribution in [0.2, 0.25) is 5.02 Å². The summed E-state index contributed by atoms with van der Waals surface area (Å²) in [4.78, 5) is 20.2. The monoisotopic (exact) mass is 551 g/mol. The Hall–Kier alpha value is -2.95. The van der Waals surface area contributed by atoms with E-state index in [4.69, 9.17) is 11.6 Å². The predicted octanol–water partition coefficient (Wildman–Crippen LogP) is 4.42. The topological polar surface area (TPSA) is 70.6 Å². The molecule has 1 aromatic heterocycles. The Balaban J connectivity index is 1.65. The van der Waals surface area contributed by atoms with Crippen molar-refractivity contribution in [2.45, 2.75) is 23.0 Å². The fourth-order valence-corrected chi connectivity index (χ4v) is 6.12. The minimum atomic E-state index is -4.48. The summed E-state index contributed by atoms with van der Waals surface area (Å²) < 4.78 is 71.4. The lowest BCUT2D eigenvalue weighted by Gasteiger charge is -2.32. The van der Waals surface area contributed by atoms with Crippen molar-refractivity contribution >= 4 is 27.3 Å². The minimum Gasteiger partial charge on any atom is -0.340 e. The quantitative estimate of drug-likeness (QED) is 0.435. The molecule has 3 aromatic rings. The van der Waals surface area contributed by atoms with Crippen molar-refractivity contribution in [2.75, 3.05) is 33.2 Å². The summed E-state index contributed by atoms with van der Waals surface area (Å²) in [6, 6.07) is 8.50. The average Bonchev–Trinajstić information content (AvgIpc) is 2.86. The van der Waals surface area contributed by atoms with Gasteiger partial charge >= 0.3 is 0 Å². The zero-order valence-electron chi connectivity index (χ0n) is 20.0. The highest BCUT2D eigenvalue weighted by atomic mass is 35.5. The third-order valence-corrected chi connectivity index (χ3v) is 8.63. The van der Waals surface area contributed by atoms with E-state index >= 15 is 4.39 Å². The molecule has 1 amide bonds. The maximum absolute atomic E-state index is 15.4. The summed E-state index contributed by atoms with van der Waals surface area (Å²) in [6.45, 7) is 2.78. The molecule has 11 heteroatoms. The molecule has 0 N–H and O–H groups in total. The molecular weight excluding hydrogens is 527 g/mol. The Kier molecular flexibility index (Phi) is 8.20. The van der Waals surface area contributed by atoms with E-state index in [2.05, 4.69) is 9.88 Å². The number of hydrogen-bond donors (Lipinski definition) is 0. The third-order valence-electron chi connectivity index (χ3n) is 6.35. The molecule has 1 saturated heterocycles. The molecule has 6 nitrogen and oxygen atoms in total. The maximum atomic E-state index is 15.4. The van der Waals surface area contributed by atoms with E-state index in [-0.39, 0.29) is 28.7 Å². The number of hydrogen-bond acceptors (Lipinski definition) is 5. The molecule has 1 atom stereocenters. The number of sulfone groups is 1. The molecule has 0 aliphatic carbocycles. The fraction of sp³-hybridized carbons (Fsp3) is 0.308. The van der Waals surface area contributed by atoms with Gasteiger partial charge in [0.1, 0.15) is 22.7 Å². The van der Waals surface area contributed by atoms with Crippen LogP contribution in [0.25, 0.3) is 0 Å². The molecule has 1 aliphatic heterocycles. The predicted molar refractivity (Wildman–Crippen MR) is 133 cm³/mol. The molecule has 0 radical (unpaired) electrons. The number of halogens is 4. The van der Waals surface area contributed by atoms with Gasteiger partial charge in [-0.2, -0.15) is 0 Å². The van der Waals surface area contributed by atoms with Crippen LogP contribution in [0.15, 0.2) is 59.6 Å². The van der Waals surface area contributed by atoms with E-state index in [1.54, 1.807) is 4.90 Å². The van der Waals surface area contributed by atoms with Crippen LogP contribution in [-0.4, -0.2) is 62.3 Å². The van der Waals surface area contributed by atoms with Crippen molar-refractivity contribution in [1.82, 2.24) is 14.8 Å². The molecule has 0 spiro atoms. The van der Waals surface area contributed by atoms with Gasteiger partial charge < -0.3 is 9.80 Å². The molecule has 2 aromatic carbocycles. The standard InChI is InChI=1S/C26H25ClF3N3O3S/c1-32-10-12-33(13-11-32)24(34)9-2-17-14-23(30)25(31-16-17)26(21-15-19(28)5-8-22(21)29)37(35,36)20-6-3-18(27)4-7-20/h3-8,14-16,26H,2,9-13H2,1H3. The van der Waals surface area contributed by atoms with E-state index in [9.17, 15) is 22.0 Å². The lowest BCUT2D eigenvalue weighted by molar-refractivity contribution is -0.132. The van der Waals surface area contributed by atoms with Crippen LogP contribution in [0, 0.1) is 17.5 Å². The molecule has 0 bridgehead atoms. The highest BCUT2D eigenvalue weighted by Gasteiger charge is 2.36. The number of carbonyl (C=O) groups is 1. The second-order valence-corrected chi connectivity index (χ2v) is 11.4. The Morgan fingerprint density at radius 2 is 1.68 bits per heavy atom. The Morgan fingerprint density at radius 1 is 1.00 bits per heavy atom. The number of aromatic nitrogens is 1. The van der Waals surface area contributed by atoms with Crippen molar-refractivity contribution in [2.24, 2.45) is 0 Å². The summed E-state index contributed by atoms with van der Waals surface area (Å²) in [5.74, 6) is -2.97. The summed E-state index contributed by atoms with van der Waals surface area (Å²) in [5, 5.41) is -1.68. The number of rotatable bonds is 7. The zero-order valence-corrected chi connectivity index (χ0v) is 21.6. The third kappa shape index (κ3) is 6.14. The van der Waals surface area contributed by atoms with Crippen molar-refractivity contribution in [3.05, 3.63) is 94.0 Å². The highest BCUT2D eigenvalue weighted by Crippen LogP contribution is 2.37. The van der Waals surface area contributed by atoms with Gasteiger partial charge in [0.25, 0.3) is 0 Å². The number of amides is 1. The number of nitrogens with zero attached hydrogens (tertiary/aromatic N) is 3. The molecule has 37 heavy (non-hydrogen) atoms. The van der Waals surface area contributed by atoms with Crippen LogP contribution in [0.5, 0.6) is 0 Å². The van der Waals surface area contributed by atoms with Crippen LogP contribution in [0.3, 0.4) is 0 Å². The van der Waals surface area contributed by atoms with Crippen LogP contribution in [-0.2, 0) is 21.1 Å². The first kappa shape index (κ1) is 27.1. The molecule has 4 rings (SSSR count). The first-order valence-electron chi connectivity index (χ1n) is 11.6. The molecule has 1 aliphatic rings. The minimum absolute atomic E-state index is 0.0670. The van der Waals surface area contributed by atoms with Gasteiger partial charge in [-0.15, -0.1) is 0 Å². The van der Waals surface area contributed by atoms with Crippen LogP contribution in [0.4, 0.5) is 13.2 Å². The lowest BCUT2D eigenvalue weighted by atomic mass is 10.1. The Morgan fingerprint density at radius 3 is 2.32 bits per heavy atom. The maximum Gasteiger partial charge on any atom is 0.222 e. The number of carbonyl (C=O) groups excluding carboxylic acids is 1. The van der Waals surface area contributed by atoms with E-state index < -0.39 is 43.8 Å². The van der Waals surface area contributed by atoms with Crippen LogP contribution >= 0.6 is 11.6 Å². The SMILES string of the molecule is CN1CCN(C(=O)CCc2cnc(C(c3cc(F)ccc3F)S(=O)(=O)c3ccc(Cl)cc3)c(F)c2)CC1. The van der Waals surface area contributed by atoms with E-state index in [1.807, 2.05) is 7.05 Å². The van der Waals surface area contributed by atoms with E-state index in [1.165, 1.54) is 30.5 Å². The molecule has 1 unspecified atom stereocenters. The highest BCUT2D eigenvalue weighted by molar-refractivity contribution is 7.91. The van der Waals surface area contributed by atoms with Gasteiger partial charge in [0.15, 0.2) is 9.84 Å². The number of likely N-dealkylation sites (N-methyl/N-ethyl adjacent to an activating group) is 1. The van der Waals surface area contributed by atoms with Gasteiger partial charge in [0.05, 0.1) is 10.6 Å². The summed E-state index contributed by atoms with van der Waals surface area (Å²) in [7, 11) is -2.50. The van der Waals surface area contributed by atoms with Crippen LogP contribution < -0.4 is 0 Å². The van der Waals surface area contributed by atoms with E-state index in [0.717, 1.165) is 37.4 Å². The molecule has 0 saturated carbocycles.